The minimum atomic E-state index is 0.834. The van der Waals surface area contributed by atoms with Crippen LogP contribution in [-0.4, -0.2) is 24.3 Å². The standard InChI is InChI=1S/C18H18N7/c1-23-12-19-11-17(23)14-6-8-25(9-7-14)22-16-5-3-4-15(10-16)18-21-20-13-24(18)2/h3-13,22H,1-2H3/q+1. The first kappa shape index (κ1) is 15.1. The Morgan fingerprint density at radius 1 is 0.960 bits per heavy atom. The molecular formula is C18H18N7+. The van der Waals surface area contributed by atoms with Gasteiger partial charge in [0, 0.05) is 37.4 Å². The largest absolute Gasteiger partial charge is 0.334 e. The van der Waals surface area contributed by atoms with Gasteiger partial charge < -0.3 is 9.13 Å². The van der Waals surface area contributed by atoms with Crippen molar-refractivity contribution in [2.24, 2.45) is 14.1 Å². The van der Waals surface area contributed by atoms with Crippen LogP contribution in [0.15, 0.2) is 67.6 Å². The minimum absolute atomic E-state index is 0.834. The second-order valence-electron chi connectivity index (χ2n) is 5.84. The summed E-state index contributed by atoms with van der Waals surface area (Å²) in [7, 11) is 3.92. The van der Waals surface area contributed by atoms with Crippen LogP contribution in [0.25, 0.3) is 22.6 Å². The molecule has 4 rings (SSSR count). The lowest BCUT2D eigenvalue weighted by atomic mass is 10.2. The Kier molecular flexibility index (Phi) is 3.74. The fourth-order valence-corrected chi connectivity index (χ4v) is 2.73. The number of imidazole rings is 1. The maximum absolute atomic E-state index is 4.16. The Morgan fingerprint density at radius 3 is 2.48 bits per heavy atom. The highest BCUT2D eigenvalue weighted by atomic mass is 15.4. The minimum Gasteiger partial charge on any atom is -0.334 e. The zero-order valence-corrected chi connectivity index (χ0v) is 14.0. The summed E-state index contributed by atoms with van der Waals surface area (Å²) >= 11 is 0. The fourth-order valence-electron chi connectivity index (χ4n) is 2.73. The Morgan fingerprint density at radius 2 is 1.80 bits per heavy atom. The summed E-state index contributed by atoms with van der Waals surface area (Å²) in [4.78, 5) is 4.16. The Hall–Kier alpha value is -3.48. The highest BCUT2D eigenvalue weighted by molar-refractivity contribution is 5.62. The molecule has 0 unspecified atom stereocenters. The quantitative estimate of drug-likeness (QED) is 0.581. The number of benzene rings is 1. The highest BCUT2D eigenvalue weighted by Gasteiger charge is 2.09. The molecule has 0 spiro atoms. The van der Waals surface area contributed by atoms with Crippen molar-refractivity contribution in [1.29, 1.82) is 0 Å². The van der Waals surface area contributed by atoms with Gasteiger partial charge in [-0.3, -0.25) is 0 Å². The van der Waals surface area contributed by atoms with E-state index < -0.39 is 0 Å². The average molecular weight is 332 g/mol. The zero-order chi connectivity index (χ0) is 17.2. The third kappa shape index (κ3) is 2.99. The molecule has 0 saturated carbocycles. The van der Waals surface area contributed by atoms with E-state index in [0.29, 0.717) is 0 Å². The van der Waals surface area contributed by atoms with Crippen LogP contribution in [0.2, 0.25) is 0 Å². The van der Waals surface area contributed by atoms with Crippen LogP contribution in [0.1, 0.15) is 0 Å². The summed E-state index contributed by atoms with van der Waals surface area (Å²) in [6.07, 6.45) is 9.32. The Labute approximate surface area is 145 Å². The molecule has 7 nitrogen and oxygen atoms in total. The molecule has 0 aliphatic heterocycles. The van der Waals surface area contributed by atoms with Crippen molar-refractivity contribution >= 4 is 5.69 Å². The van der Waals surface area contributed by atoms with E-state index in [0.717, 1.165) is 28.3 Å². The molecule has 3 heterocycles. The number of anilines is 1. The molecule has 0 atom stereocenters. The van der Waals surface area contributed by atoms with E-state index in [9.17, 15) is 0 Å². The average Bonchev–Trinajstić information content (AvgIpc) is 3.24. The number of rotatable bonds is 4. The predicted molar refractivity (Wildman–Crippen MR) is 94.3 cm³/mol. The smallest absolute Gasteiger partial charge is 0.200 e. The van der Waals surface area contributed by atoms with Gasteiger partial charge in [0.25, 0.3) is 0 Å². The molecular weight excluding hydrogens is 314 g/mol. The second kappa shape index (κ2) is 6.20. The van der Waals surface area contributed by atoms with Gasteiger partial charge in [-0.15, -0.1) is 10.2 Å². The summed E-state index contributed by atoms with van der Waals surface area (Å²) in [5, 5.41) is 8.09. The van der Waals surface area contributed by atoms with Crippen molar-refractivity contribution in [3.8, 4) is 22.6 Å². The van der Waals surface area contributed by atoms with E-state index in [-0.39, 0.29) is 0 Å². The van der Waals surface area contributed by atoms with Gasteiger partial charge in [-0.1, -0.05) is 16.8 Å². The molecule has 0 aliphatic carbocycles. The van der Waals surface area contributed by atoms with E-state index in [2.05, 4.69) is 32.7 Å². The topological polar surface area (TPSA) is 64.4 Å². The molecule has 0 saturated heterocycles. The molecule has 0 fully saturated rings. The summed E-state index contributed by atoms with van der Waals surface area (Å²) < 4.78 is 5.81. The molecule has 0 aliphatic rings. The van der Waals surface area contributed by atoms with Gasteiger partial charge >= 0.3 is 0 Å². The lowest BCUT2D eigenvalue weighted by Crippen LogP contribution is -2.41. The molecule has 7 heteroatoms. The molecule has 0 bridgehead atoms. The van der Waals surface area contributed by atoms with Crippen molar-refractivity contribution in [2.45, 2.75) is 0 Å². The molecule has 124 valence electrons. The molecule has 25 heavy (non-hydrogen) atoms. The SMILES string of the molecule is Cn1cncc1-c1cc[n+](Nc2cccc(-c3nncn3C)c2)cc1. The van der Waals surface area contributed by atoms with E-state index in [4.69, 9.17) is 0 Å². The van der Waals surface area contributed by atoms with E-state index in [1.807, 2.05) is 70.8 Å². The number of nitrogens with zero attached hydrogens (tertiary/aromatic N) is 6. The molecule has 0 amide bonds. The number of nitrogens with one attached hydrogen (secondary N) is 1. The highest BCUT2D eigenvalue weighted by Crippen LogP contribution is 2.20. The molecule has 4 aromatic rings. The number of hydrogen-bond acceptors (Lipinski definition) is 4. The first-order valence-electron chi connectivity index (χ1n) is 7.90. The van der Waals surface area contributed by atoms with E-state index in [1.165, 1.54) is 0 Å². The van der Waals surface area contributed by atoms with E-state index in [1.54, 1.807) is 12.7 Å². The number of aromatic nitrogens is 6. The van der Waals surface area contributed by atoms with Crippen molar-refractivity contribution < 1.29 is 4.68 Å². The summed E-state index contributed by atoms with van der Waals surface area (Å²) in [5.74, 6) is 0.834. The molecule has 3 aromatic heterocycles. The van der Waals surface area contributed by atoms with E-state index >= 15 is 0 Å². The van der Waals surface area contributed by atoms with Gasteiger partial charge in [0.05, 0.1) is 23.9 Å². The lowest BCUT2D eigenvalue weighted by Gasteiger charge is -2.05. The zero-order valence-electron chi connectivity index (χ0n) is 14.0. The Bertz CT molecular complexity index is 998. The monoisotopic (exact) mass is 332 g/mol. The molecule has 0 radical (unpaired) electrons. The van der Waals surface area contributed by atoms with Crippen LogP contribution in [0.4, 0.5) is 5.69 Å². The summed E-state index contributed by atoms with van der Waals surface area (Å²) in [5.41, 5.74) is 7.53. The first-order chi connectivity index (χ1) is 12.2. The molecule has 1 aromatic carbocycles. The van der Waals surface area contributed by atoms with Gasteiger partial charge in [0.1, 0.15) is 6.33 Å². The number of pyridine rings is 1. The normalized spacial score (nSPS) is 10.8. The van der Waals surface area contributed by atoms with Crippen LogP contribution in [0.3, 0.4) is 0 Å². The number of aryl methyl sites for hydroxylation is 2. The van der Waals surface area contributed by atoms with Gasteiger partial charge in [0.15, 0.2) is 5.82 Å². The van der Waals surface area contributed by atoms with Gasteiger partial charge in [-0.05, 0) is 12.1 Å². The van der Waals surface area contributed by atoms with Crippen molar-refractivity contribution in [3.63, 3.8) is 0 Å². The first-order valence-corrected chi connectivity index (χ1v) is 7.90. The third-order valence-electron chi connectivity index (χ3n) is 4.03. The maximum Gasteiger partial charge on any atom is 0.200 e. The van der Waals surface area contributed by atoms with Crippen LogP contribution < -0.4 is 10.1 Å². The fraction of sp³-hybridized carbons (Fsp3) is 0.111. The van der Waals surface area contributed by atoms with Gasteiger partial charge in [-0.2, -0.15) is 5.43 Å². The summed E-state index contributed by atoms with van der Waals surface area (Å²) in [6.45, 7) is 0. The maximum atomic E-state index is 4.16. The summed E-state index contributed by atoms with van der Waals surface area (Å²) in [6, 6.07) is 12.2. The lowest BCUT2D eigenvalue weighted by molar-refractivity contribution is -0.642. The van der Waals surface area contributed by atoms with Gasteiger partial charge in [0.2, 0.25) is 12.4 Å². The second-order valence-corrected chi connectivity index (χ2v) is 5.84. The van der Waals surface area contributed by atoms with Crippen LogP contribution in [0.5, 0.6) is 0 Å². The predicted octanol–water partition coefficient (Wildman–Crippen LogP) is 2.05. The molecule has 1 N–H and O–H groups in total. The van der Waals surface area contributed by atoms with Crippen molar-refractivity contribution in [3.05, 3.63) is 67.6 Å². The van der Waals surface area contributed by atoms with Crippen LogP contribution >= 0.6 is 0 Å². The Balaban J connectivity index is 1.57. The number of hydrogen-bond donors (Lipinski definition) is 1. The third-order valence-corrected chi connectivity index (χ3v) is 4.03. The van der Waals surface area contributed by atoms with Crippen molar-refractivity contribution in [1.82, 2.24) is 24.3 Å². The van der Waals surface area contributed by atoms with Crippen LogP contribution in [0, 0.1) is 0 Å². The van der Waals surface area contributed by atoms with Crippen LogP contribution in [-0.2, 0) is 14.1 Å². The van der Waals surface area contributed by atoms with Gasteiger partial charge in [-0.25, -0.2) is 4.98 Å². The van der Waals surface area contributed by atoms with Crippen molar-refractivity contribution in [2.75, 3.05) is 5.43 Å².